The summed E-state index contributed by atoms with van der Waals surface area (Å²) in [6, 6.07) is 8.33. The van der Waals surface area contributed by atoms with Gasteiger partial charge in [0.25, 0.3) is 5.91 Å². The van der Waals surface area contributed by atoms with Crippen molar-refractivity contribution in [1.29, 1.82) is 0 Å². The lowest BCUT2D eigenvalue weighted by molar-refractivity contribution is -0.142. The fourth-order valence-electron chi connectivity index (χ4n) is 3.66. The van der Waals surface area contributed by atoms with E-state index in [0.29, 0.717) is 25.3 Å². The van der Waals surface area contributed by atoms with E-state index >= 15 is 0 Å². The van der Waals surface area contributed by atoms with Gasteiger partial charge in [0.1, 0.15) is 6.04 Å². The second-order valence-corrected chi connectivity index (χ2v) is 7.05. The number of ether oxygens (including phenoxy) is 1. The third-order valence-electron chi connectivity index (χ3n) is 5.18. The summed E-state index contributed by atoms with van der Waals surface area (Å²) in [6.07, 6.45) is 3.17. The van der Waals surface area contributed by atoms with Crippen molar-refractivity contribution >= 4 is 22.8 Å². The smallest absolute Gasteiger partial charge is 0.326 e. The lowest BCUT2D eigenvalue weighted by atomic mass is 9.93. The number of carboxylic acid groups (broad SMARTS) is 1. The molecule has 1 saturated heterocycles. The topological polar surface area (TPSA) is 119 Å². The summed E-state index contributed by atoms with van der Waals surface area (Å²) in [7, 11) is 0. The standard InChI is InChI=1S/C20H21N5O4/c1-12-17(19(26)22-18(20(27)28)13-5-4-10-29-11-13)23-24-25(12)16-8-2-7-15-14(16)6-3-9-21-15/h2-3,6-9,13,18H,4-5,10-11H2,1H3,(H,22,26)(H,27,28). The molecule has 3 aromatic rings. The first-order valence-electron chi connectivity index (χ1n) is 9.44. The summed E-state index contributed by atoms with van der Waals surface area (Å²) in [5.41, 5.74) is 2.15. The Morgan fingerprint density at radius 2 is 2.17 bits per heavy atom. The van der Waals surface area contributed by atoms with Gasteiger partial charge >= 0.3 is 5.97 Å². The van der Waals surface area contributed by atoms with Crippen molar-refractivity contribution in [1.82, 2.24) is 25.3 Å². The number of fused-ring (bicyclic) bond motifs is 1. The number of rotatable bonds is 5. The molecule has 2 aromatic heterocycles. The van der Waals surface area contributed by atoms with Crippen molar-refractivity contribution in [3.05, 3.63) is 47.9 Å². The molecule has 150 valence electrons. The Morgan fingerprint density at radius 3 is 2.93 bits per heavy atom. The summed E-state index contributed by atoms with van der Waals surface area (Å²) in [5, 5.41) is 21.2. The van der Waals surface area contributed by atoms with Crippen molar-refractivity contribution in [3.63, 3.8) is 0 Å². The molecule has 0 spiro atoms. The first-order valence-corrected chi connectivity index (χ1v) is 9.44. The van der Waals surface area contributed by atoms with Gasteiger partial charge in [0.2, 0.25) is 0 Å². The molecule has 1 aliphatic heterocycles. The molecular formula is C20H21N5O4. The lowest BCUT2D eigenvalue weighted by Crippen LogP contribution is -2.48. The lowest BCUT2D eigenvalue weighted by Gasteiger charge is -2.27. The highest BCUT2D eigenvalue weighted by atomic mass is 16.5. The first-order chi connectivity index (χ1) is 14.1. The largest absolute Gasteiger partial charge is 0.480 e. The number of hydrogen-bond acceptors (Lipinski definition) is 6. The van der Waals surface area contributed by atoms with Crippen LogP contribution in [0.15, 0.2) is 36.5 Å². The SMILES string of the molecule is Cc1c(C(=O)NC(C(=O)O)C2CCCOC2)nnn1-c1cccc2ncccc12. The van der Waals surface area contributed by atoms with E-state index in [2.05, 4.69) is 20.6 Å². The molecule has 9 nitrogen and oxygen atoms in total. The van der Waals surface area contributed by atoms with Crippen LogP contribution >= 0.6 is 0 Å². The van der Waals surface area contributed by atoms with E-state index in [1.54, 1.807) is 17.8 Å². The van der Waals surface area contributed by atoms with Gasteiger partial charge in [0.05, 0.1) is 23.5 Å². The number of nitrogens with one attached hydrogen (secondary N) is 1. The Bertz CT molecular complexity index is 1050. The zero-order valence-corrected chi connectivity index (χ0v) is 15.9. The summed E-state index contributed by atoms with van der Waals surface area (Å²) >= 11 is 0. The molecular weight excluding hydrogens is 374 g/mol. The highest BCUT2D eigenvalue weighted by molar-refractivity contribution is 5.96. The van der Waals surface area contributed by atoms with Crippen LogP contribution in [-0.4, -0.2) is 56.2 Å². The average Bonchev–Trinajstić information content (AvgIpc) is 3.13. The Balaban J connectivity index is 1.62. The van der Waals surface area contributed by atoms with Gasteiger partial charge in [-0.3, -0.25) is 9.78 Å². The third-order valence-corrected chi connectivity index (χ3v) is 5.18. The number of aromatic nitrogens is 4. The summed E-state index contributed by atoms with van der Waals surface area (Å²) in [6.45, 7) is 2.65. The number of carbonyl (C=O) groups is 2. The summed E-state index contributed by atoms with van der Waals surface area (Å²) in [5.74, 6) is -1.92. The number of hydrogen-bond donors (Lipinski definition) is 2. The molecule has 29 heavy (non-hydrogen) atoms. The summed E-state index contributed by atoms with van der Waals surface area (Å²) in [4.78, 5) is 28.8. The first kappa shape index (κ1) is 19.0. The fraction of sp³-hybridized carbons (Fsp3) is 0.350. The maximum Gasteiger partial charge on any atom is 0.326 e. The molecule has 1 amide bonds. The minimum Gasteiger partial charge on any atom is -0.480 e. The quantitative estimate of drug-likeness (QED) is 0.675. The Labute approximate surface area is 166 Å². The Hall–Kier alpha value is -3.33. The van der Waals surface area contributed by atoms with Crippen LogP contribution in [0.3, 0.4) is 0 Å². The van der Waals surface area contributed by atoms with Gasteiger partial charge in [0, 0.05) is 24.1 Å². The number of carbonyl (C=O) groups excluding carboxylic acids is 1. The van der Waals surface area contributed by atoms with E-state index in [9.17, 15) is 14.7 Å². The molecule has 2 atom stereocenters. The Morgan fingerprint density at radius 1 is 1.31 bits per heavy atom. The maximum absolute atomic E-state index is 12.8. The van der Waals surface area contributed by atoms with Crippen LogP contribution in [0, 0.1) is 12.8 Å². The highest BCUT2D eigenvalue weighted by Gasteiger charge is 2.32. The van der Waals surface area contributed by atoms with Crippen LogP contribution in [0.4, 0.5) is 0 Å². The molecule has 9 heteroatoms. The summed E-state index contributed by atoms with van der Waals surface area (Å²) < 4.78 is 6.94. The molecule has 1 fully saturated rings. The number of aliphatic carboxylic acids is 1. The Kier molecular flexibility index (Phi) is 5.22. The highest BCUT2D eigenvalue weighted by Crippen LogP contribution is 2.22. The van der Waals surface area contributed by atoms with Gasteiger partial charge in [-0.15, -0.1) is 5.10 Å². The average molecular weight is 395 g/mol. The number of amides is 1. The van der Waals surface area contributed by atoms with Gasteiger partial charge in [-0.2, -0.15) is 0 Å². The maximum atomic E-state index is 12.8. The zero-order valence-electron chi connectivity index (χ0n) is 15.9. The van der Waals surface area contributed by atoms with Gasteiger partial charge < -0.3 is 15.2 Å². The second kappa shape index (κ2) is 7.96. The predicted octanol–water partition coefficient (Wildman–Crippen LogP) is 1.73. The fourth-order valence-corrected chi connectivity index (χ4v) is 3.66. The van der Waals surface area contributed by atoms with E-state index in [1.165, 1.54) is 0 Å². The molecule has 2 N–H and O–H groups in total. The van der Waals surface area contributed by atoms with Crippen LogP contribution in [0.1, 0.15) is 29.0 Å². The molecule has 4 rings (SSSR count). The van der Waals surface area contributed by atoms with Crippen LogP contribution in [0.2, 0.25) is 0 Å². The van der Waals surface area contributed by atoms with Crippen molar-refractivity contribution < 1.29 is 19.4 Å². The van der Waals surface area contributed by atoms with Crippen LogP contribution in [-0.2, 0) is 9.53 Å². The van der Waals surface area contributed by atoms with Crippen molar-refractivity contribution in [2.24, 2.45) is 5.92 Å². The van der Waals surface area contributed by atoms with E-state index in [-0.39, 0.29) is 11.6 Å². The molecule has 1 aromatic carbocycles. The van der Waals surface area contributed by atoms with E-state index in [4.69, 9.17) is 4.74 Å². The molecule has 0 saturated carbocycles. The molecule has 0 radical (unpaired) electrons. The molecule has 2 unspecified atom stereocenters. The minimum atomic E-state index is -1.08. The third kappa shape index (κ3) is 3.68. The second-order valence-electron chi connectivity index (χ2n) is 7.05. The predicted molar refractivity (Wildman–Crippen MR) is 104 cm³/mol. The van der Waals surface area contributed by atoms with E-state index in [0.717, 1.165) is 23.0 Å². The zero-order chi connectivity index (χ0) is 20.4. The van der Waals surface area contributed by atoms with Gasteiger partial charge in [-0.1, -0.05) is 11.3 Å². The molecule has 1 aliphatic rings. The van der Waals surface area contributed by atoms with Crippen LogP contribution < -0.4 is 5.32 Å². The van der Waals surface area contributed by atoms with E-state index < -0.39 is 17.9 Å². The van der Waals surface area contributed by atoms with E-state index in [1.807, 2.05) is 30.3 Å². The van der Waals surface area contributed by atoms with Crippen LogP contribution in [0.5, 0.6) is 0 Å². The number of pyridine rings is 1. The molecule has 0 aliphatic carbocycles. The monoisotopic (exact) mass is 395 g/mol. The van der Waals surface area contributed by atoms with Crippen molar-refractivity contribution in [2.75, 3.05) is 13.2 Å². The normalized spacial score (nSPS) is 17.8. The minimum absolute atomic E-state index is 0.0915. The van der Waals surface area contributed by atoms with Crippen LogP contribution in [0.25, 0.3) is 16.6 Å². The number of carboxylic acids is 1. The number of benzene rings is 1. The van der Waals surface area contributed by atoms with Gasteiger partial charge in [-0.05, 0) is 44.0 Å². The van der Waals surface area contributed by atoms with Crippen molar-refractivity contribution in [2.45, 2.75) is 25.8 Å². The van der Waals surface area contributed by atoms with Crippen molar-refractivity contribution in [3.8, 4) is 5.69 Å². The number of nitrogens with zero attached hydrogens (tertiary/aromatic N) is 4. The van der Waals surface area contributed by atoms with Gasteiger partial charge in [0.15, 0.2) is 5.69 Å². The molecule has 3 heterocycles. The van der Waals surface area contributed by atoms with Gasteiger partial charge in [-0.25, -0.2) is 9.48 Å². The molecule has 0 bridgehead atoms.